The molecule has 0 aliphatic carbocycles. The molecule has 1 aromatic heterocycles. The highest BCUT2D eigenvalue weighted by molar-refractivity contribution is 8.01. The normalized spacial score (nSPS) is 26.0. The molecule has 2 aliphatic rings. The van der Waals surface area contributed by atoms with Crippen LogP contribution in [0, 0.1) is 0 Å². The second-order valence-electron chi connectivity index (χ2n) is 4.59. The van der Waals surface area contributed by atoms with Crippen LogP contribution in [-0.2, 0) is 4.87 Å². The number of hydrogen-bond donors (Lipinski definition) is 0. The van der Waals surface area contributed by atoms with Crippen molar-refractivity contribution in [1.29, 1.82) is 0 Å². The standard InChI is InChI=1S/C14H13NS2/c1-2-6-12-11(5-1)15-9-4-8-14(15,17-12)13-7-3-10-16-13/h1-3,5-7,10H,4,8-9H2. The van der Waals surface area contributed by atoms with Crippen molar-refractivity contribution in [2.75, 3.05) is 11.4 Å². The Morgan fingerprint density at radius 1 is 1.12 bits per heavy atom. The summed E-state index contributed by atoms with van der Waals surface area (Å²) in [5, 5.41) is 2.20. The van der Waals surface area contributed by atoms with Gasteiger partial charge in [-0.25, -0.2) is 0 Å². The molecule has 0 saturated carbocycles. The van der Waals surface area contributed by atoms with E-state index in [1.165, 1.54) is 34.8 Å². The highest BCUT2D eigenvalue weighted by atomic mass is 32.2. The zero-order valence-corrected chi connectivity index (χ0v) is 11.1. The van der Waals surface area contributed by atoms with Crippen molar-refractivity contribution in [3.63, 3.8) is 0 Å². The number of nitrogens with zero attached hydrogens (tertiary/aromatic N) is 1. The van der Waals surface area contributed by atoms with Gasteiger partial charge in [-0.2, -0.15) is 0 Å². The first-order valence-corrected chi connectivity index (χ1v) is 7.69. The smallest absolute Gasteiger partial charge is 0.125 e. The summed E-state index contributed by atoms with van der Waals surface area (Å²) in [6.07, 6.45) is 2.58. The number of hydrogen-bond acceptors (Lipinski definition) is 3. The Kier molecular flexibility index (Phi) is 2.08. The summed E-state index contributed by atoms with van der Waals surface area (Å²) in [5.74, 6) is 0. The molecule has 1 saturated heterocycles. The third-order valence-corrected chi connectivity index (χ3v) is 6.37. The second-order valence-corrected chi connectivity index (χ2v) is 6.85. The molecule has 1 atom stereocenters. The van der Waals surface area contributed by atoms with Crippen molar-refractivity contribution in [2.45, 2.75) is 22.6 Å². The predicted octanol–water partition coefficient (Wildman–Crippen LogP) is 4.31. The van der Waals surface area contributed by atoms with E-state index in [2.05, 4.69) is 46.7 Å². The van der Waals surface area contributed by atoms with E-state index in [9.17, 15) is 0 Å². The fourth-order valence-electron chi connectivity index (χ4n) is 2.97. The minimum atomic E-state index is 0.206. The van der Waals surface area contributed by atoms with Gasteiger partial charge in [-0.3, -0.25) is 0 Å². The van der Waals surface area contributed by atoms with E-state index >= 15 is 0 Å². The number of anilines is 1. The van der Waals surface area contributed by atoms with Gasteiger partial charge in [0.15, 0.2) is 0 Å². The van der Waals surface area contributed by atoms with E-state index in [1.54, 1.807) is 0 Å². The molecule has 0 bridgehead atoms. The molecule has 1 unspecified atom stereocenters. The van der Waals surface area contributed by atoms with E-state index in [4.69, 9.17) is 0 Å². The second kappa shape index (κ2) is 3.53. The van der Waals surface area contributed by atoms with Crippen LogP contribution in [0.5, 0.6) is 0 Å². The molecule has 17 heavy (non-hydrogen) atoms. The molecule has 2 aliphatic heterocycles. The fourth-order valence-corrected chi connectivity index (χ4v) is 5.60. The average molecular weight is 259 g/mol. The molecule has 2 aromatic rings. The fraction of sp³-hybridized carbons (Fsp3) is 0.286. The third-order valence-electron chi connectivity index (χ3n) is 3.67. The Balaban J connectivity index is 1.89. The molecule has 0 radical (unpaired) electrons. The van der Waals surface area contributed by atoms with Crippen LogP contribution in [0.1, 0.15) is 17.7 Å². The molecular formula is C14H13NS2. The average Bonchev–Trinajstić information content (AvgIpc) is 3.03. The highest BCUT2D eigenvalue weighted by Gasteiger charge is 2.49. The van der Waals surface area contributed by atoms with Crippen molar-refractivity contribution in [1.82, 2.24) is 0 Å². The maximum absolute atomic E-state index is 2.61. The van der Waals surface area contributed by atoms with Crippen molar-refractivity contribution in [2.24, 2.45) is 0 Å². The molecular weight excluding hydrogens is 246 g/mol. The lowest BCUT2D eigenvalue weighted by Gasteiger charge is -2.31. The first-order chi connectivity index (χ1) is 8.40. The summed E-state index contributed by atoms with van der Waals surface area (Å²) in [7, 11) is 0. The first kappa shape index (κ1) is 10.0. The van der Waals surface area contributed by atoms with Gasteiger partial charge in [0.25, 0.3) is 0 Å². The molecule has 1 fully saturated rings. The van der Waals surface area contributed by atoms with Gasteiger partial charge in [0.1, 0.15) is 4.87 Å². The maximum Gasteiger partial charge on any atom is 0.125 e. The minimum absolute atomic E-state index is 0.206. The predicted molar refractivity (Wildman–Crippen MR) is 74.9 cm³/mol. The van der Waals surface area contributed by atoms with Gasteiger partial charge in [-0.05, 0) is 36.4 Å². The molecule has 86 valence electrons. The van der Waals surface area contributed by atoms with Crippen molar-refractivity contribution in [3.8, 4) is 0 Å². The highest BCUT2D eigenvalue weighted by Crippen LogP contribution is 2.61. The maximum atomic E-state index is 2.61. The number of thioether (sulfide) groups is 1. The van der Waals surface area contributed by atoms with Crippen LogP contribution >= 0.6 is 23.1 Å². The van der Waals surface area contributed by atoms with E-state index < -0.39 is 0 Å². The van der Waals surface area contributed by atoms with Crippen LogP contribution in [-0.4, -0.2) is 6.54 Å². The van der Waals surface area contributed by atoms with Gasteiger partial charge in [0, 0.05) is 16.3 Å². The van der Waals surface area contributed by atoms with Gasteiger partial charge < -0.3 is 4.90 Å². The number of thiophene rings is 1. The van der Waals surface area contributed by atoms with Crippen LogP contribution < -0.4 is 4.90 Å². The summed E-state index contributed by atoms with van der Waals surface area (Å²) < 4.78 is 0. The zero-order chi connectivity index (χ0) is 11.3. The lowest BCUT2D eigenvalue weighted by Crippen LogP contribution is -2.33. The summed E-state index contributed by atoms with van der Waals surface area (Å²) >= 11 is 3.94. The lowest BCUT2D eigenvalue weighted by molar-refractivity contribution is 0.675. The molecule has 0 spiro atoms. The molecule has 3 heteroatoms. The van der Waals surface area contributed by atoms with Gasteiger partial charge in [-0.1, -0.05) is 30.0 Å². The Hall–Kier alpha value is -0.930. The van der Waals surface area contributed by atoms with Crippen LogP contribution in [0.2, 0.25) is 0 Å². The number of benzene rings is 1. The van der Waals surface area contributed by atoms with Crippen molar-refractivity contribution in [3.05, 3.63) is 46.7 Å². The Labute approximate surface area is 109 Å². The van der Waals surface area contributed by atoms with E-state index in [0.717, 1.165) is 0 Å². The van der Waals surface area contributed by atoms with Gasteiger partial charge in [-0.15, -0.1) is 11.3 Å². The topological polar surface area (TPSA) is 3.24 Å². The van der Waals surface area contributed by atoms with Crippen LogP contribution in [0.3, 0.4) is 0 Å². The van der Waals surface area contributed by atoms with Crippen LogP contribution in [0.4, 0.5) is 5.69 Å². The molecule has 3 heterocycles. The van der Waals surface area contributed by atoms with Gasteiger partial charge in [0.2, 0.25) is 0 Å². The van der Waals surface area contributed by atoms with Crippen molar-refractivity contribution >= 4 is 28.8 Å². The molecule has 1 aromatic carbocycles. The lowest BCUT2D eigenvalue weighted by atomic mass is 10.1. The number of para-hydroxylation sites is 1. The molecule has 0 amide bonds. The Morgan fingerprint density at radius 2 is 2.06 bits per heavy atom. The summed E-state index contributed by atoms with van der Waals surface area (Å²) in [5.41, 5.74) is 1.43. The summed E-state index contributed by atoms with van der Waals surface area (Å²) in [6, 6.07) is 13.3. The largest absolute Gasteiger partial charge is 0.351 e. The monoisotopic (exact) mass is 259 g/mol. The van der Waals surface area contributed by atoms with Crippen LogP contribution in [0.25, 0.3) is 0 Å². The van der Waals surface area contributed by atoms with E-state index in [-0.39, 0.29) is 4.87 Å². The summed E-state index contributed by atoms with van der Waals surface area (Å²) in [6.45, 7) is 1.20. The Bertz CT molecular complexity index is 549. The Morgan fingerprint density at radius 3 is 2.94 bits per heavy atom. The van der Waals surface area contributed by atoms with Crippen molar-refractivity contribution < 1.29 is 0 Å². The minimum Gasteiger partial charge on any atom is -0.351 e. The molecule has 1 nitrogen and oxygen atoms in total. The van der Waals surface area contributed by atoms with E-state index in [0.29, 0.717) is 0 Å². The first-order valence-electron chi connectivity index (χ1n) is 6.00. The van der Waals surface area contributed by atoms with Gasteiger partial charge in [0.05, 0.1) is 5.69 Å². The molecule has 0 N–H and O–H groups in total. The SMILES string of the molecule is c1csc(C23CCCN2c2ccccc2S3)c1. The zero-order valence-electron chi connectivity index (χ0n) is 9.43. The third kappa shape index (κ3) is 1.27. The van der Waals surface area contributed by atoms with Gasteiger partial charge >= 0.3 is 0 Å². The quantitative estimate of drug-likeness (QED) is 0.751. The number of fused-ring (bicyclic) bond motifs is 3. The molecule has 4 rings (SSSR count). The number of rotatable bonds is 1. The van der Waals surface area contributed by atoms with Crippen LogP contribution in [0.15, 0.2) is 46.7 Å². The van der Waals surface area contributed by atoms with E-state index in [1.807, 2.05) is 23.1 Å². The summed E-state index contributed by atoms with van der Waals surface area (Å²) in [4.78, 5) is 5.77.